The van der Waals surface area contributed by atoms with Crippen molar-refractivity contribution in [3.05, 3.63) is 0 Å². The molecule has 1 saturated carbocycles. The molecule has 0 heterocycles. The van der Waals surface area contributed by atoms with Gasteiger partial charge in [0.15, 0.2) is 5.78 Å². The molecular formula is C14H25NO3. The van der Waals surface area contributed by atoms with Crippen LogP contribution in [-0.4, -0.2) is 34.5 Å². The van der Waals surface area contributed by atoms with E-state index in [0.717, 1.165) is 12.8 Å². The maximum atomic E-state index is 12.2. The van der Waals surface area contributed by atoms with E-state index in [4.69, 9.17) is 4.74 Å². The maximum Gasteiger partial charge on any atom is 0.411 e. The first-order valence-electron chi connectivity index (χ1n) is 6.64. The van der Waals surface area contributed by atoms with Crippen LogP contribution in [0.5, 0.6) is 0 Å². The number of hydrogen-bond donors (Lipinski definition) is 0. The zero-order chi connectivity index (χ0) is 14.1. The number of likely N-dealkylation sites (N-methyl/N-ethyl adjacent to an activating group) is 1. The van der Waals surface area contributed by atoms with Gasteiger partial charge in [0, 0.05) is 12.5 Å². The Hall–Kier alpha value is -1.06. The number of amides is 1. The normalized spacial score (nSPS) is 16.3. The fraction of sp³-hybridized carbons (Fsp3) is 0.857. The van der Waals surface area contributed by atoms with Gasteiger partial charge >= 0.3 is 6.09 Å². The first-order chi connectivity index (χ1) is 8.09. The predicted octanol–water partition coefficient (Wildman–Crippen LogP) is 3.00. The van der Waals surface area contributed by atoms with Crippen LogP contribution >= 0.6 is 0 Å². The third-order valence-electron chi connectivity index (χ3n) is 3.16. The van der Waals surface area contributed by atoms with E-state index in [2.05, 4.69) is 0 Å². The molecule has 0 bridgehead atoms. The molecule has 0 radical (unpaired) electrons. The molecule has 1 aliphatic rings. The second-order valence-electron chi connectivity index (χ2n) is 6.42. The molecule has 104 valence electrons. The summed E-state index contributed by atoms with van der Waals surface area (Å²) in [5.74, 6) is 0.284. The number of nitrogens with zero attached hydrogens (tertiary/aromatic N) is 1. The minimum atomic E-state index is -0.780. The Morgan fingerprint density at radius 2 is 1.67 bits per heavy atom. The van der Waals surface area contributed by atoms with Crippen molar-refractivity contribution >= 4 is 11.9 Å². The van der Waals surface area contributed by atoms with Gasteiger partial charge in [0.1, 0.15) is 5.60 Å². The Morgan fingerprint density at radius 3 is 2.00 bits per heavy atom. The van der Waals surface area contributed by atoms with Crippen LogP contribution in [0.1, 0.15) is 54.4 Å². The van der Waals surface area contributed by atoms with E-state index >= 15 is 0 Å². The monoisotopic (exact) mass is 255 g/mol. The van der Waals surface area contributed by atoms with Gasteiger partial charge < -0.3 is 4.74 Å². The molecule has 0 N–H and O–H groups in total. The van der Waals surface area contributed by atoms with E-state index in [1.165, 1.54) is 4.90 Å². The Morgan fingerprint density at radius 1 is 1.17 bits per heavy atom. The fourth-order valence-corrected chi connectivity index (χ4v) is 2.05. The highest BCUT2D eigenvalue weighted by molar-refractivity contribution is 5.94. The van der Waals surface area contributed by atoms with Crippen LogP contribution in [0.15, 0.2) is 0 Å². The molecular weight excluding hydrogens is 230 g/mol. The molecule has 4 nitrogen and oxygen atoms in total. The van der Waals surface area contributed by atoms with Gasteiger partial charge in [-0.2, -0.15) is 0 Å². The molecule has 0 spiro atoms. The highest BCUT2D eigenvalue weighted by Gasteiger charge is 2.45. The lowest BCUT2D eigenvalue weighted by Gasteiger charge is -2.37. The Kier molecular flexibility index (Phi) is 4.08. The molecule has 0 aromatic rings. The third-order valence-corrected chi connectivity index (χ3v) is 3.16. The van der Waals surface area contributed by atoms with Crippen LogP contribution in [0.2, 0.25) is 0 Å². The average Bonchev–Trinajstić information content (AvgIpc) is 2.96. The summed E-state index contributed by atoms with van der Waals surface area (Å²) in [6.45, 7) is 11.4. The van der Waals surface area contributed by atoms with Gasteiger partial charge in [-0.1, -0.05) is 0 Å². The second kappa shape index (κ2) is 4.90. The average molecular weight is 255 g/mol. The largest absolute Gasteiger partial charge is 0.444 e. The van der Waals surface area contributed by atoms with Crippen LogP contribution < -0.4 is 0 Å². The molecule has 0 aromatic heterocycles. The van der Waals surface area contributed by atoms with E-state index in [0.29, 0.717) is 6.54 Å². The summed E-state index contributed by atoms with van der Waals surface area (Å²) in [6, 6.07) is 0. The number of ether oxygens (including phenoxy) is 1. The maximum absolute atomic E-state index is 12.2. The SMILES string of the molecule is CCN(C(=O)OC(C)(C)C)C(C)(C)C(=O)C1CC1. The van der Waals surface area contributed by atoms with Gasteiger partial charge in [-0.05, 0) is 54.4 Å². The highest BCUT2D eigenvalue weighted by Crippen LogP contribution is 2.36. The van der Waals surface area contributed by atoms with E-state index < -0.39 is 17.2 Å². The van der Waals surface area contributed by atoms with Crippen molar-refractivity contribution in [3.8, 4) is 0 Å². The lowest BCUT2D eigenvalue weighted by molar-refractivity contribution is -0.130. The van der Waals surface area contributed by atoms with Crippen LogP contribution in [0.4, 0.5) is 4.79 Å². The van der Waals surface area contributed by atoms with Crippen molar-refractivity contribution in [1.29, 1.82) is 0 Å². The summed E-state index contributed by atoms with van der Waals surface area (Å²) in [7, 11) is 0. The Balaban J connectivity index is 2.80. The lowest BCUT2D eigenvalue weighted by Crippen LogP contribution is -2.54. The molecule has 0 atom stereocenters. The summed E-state index contributed by atoms with van der Waals surface area (Å²) >= 11 is 0. The third kappa shape index (κ3) is 3.47. The van der Waals surface area contributed by atoms with E-state index in [-0.39, 0.29) is 11.7 Å². The van der Waals surface area contributed by atoms with Crippen LogP contribution in [0.3, 0.4) is 0 Å². The summed E-state index contributed by atoms with van der Waals surface area (Å²) in [5, 5.41) is 0. The molecule has 1 aliphatic carbocycles. The van der Waals surface area contributed by atoms with Crippen molar-refractivity contribution < 1.29 is 14.3 Å². The summed E-state index contributed by atoms with van der Waals surface area (Å²) in [6.07, 6.45) is 1.49. The minimum Gasteiger partial charge on any atom is -0.444 e. The smallest absolute Gasteiger partial charge is 0.411 e. The Bertz CT molecular complexity index is 337. The van der Waals surface area contributed by atoms with Crippen molar-refractivity contribution in [2.75, 3.05) is 6.54 Å². The summed E-state index contributed by atoms with van der Waals surface area (Å²) < 4.78 is 5.36. The van der Waals surface area contributed by atoms with Crippen molar-refractivity contribution in [2.24, 2.45) is 5.92 Å². The molecule has 0 unspecified atom stereocenters. The van der Waals surface area contributed by atoms with E-state index in [9.17, 15) is 9.59 Å². The minimum absolute atomic E-state index is 0.136. The summed E-state index contributed by atoms with van der Waals surface area (Å²) in [4.78, 5) is 25.9. The van der Waals surface area contributed by atoms with Gasteiger partial charge in [0.2, 0.25) is 0 Å². The summed E-state index contributed by atoms with van der Waals surface area (Å²) in [5.41, 5.74) is -1.32. The van der Waals surface area contributed by atoms with Crippen LogP contribution in [-0.2, 0) is 9.53 Å². The standard InChI is InChI=1S/C14H25NO3/c1-7-15(12(17)18-13(2,3)4)14(5,6)11(16)10-8-9-10/h10H,7-9H2,1-6H3. The lowest BCUT2D eigenvalue weighted by atomic mass is 9.93. The van der Waals surface area contributed by atoms with Crippen molar-refractivity contribution in [2.45, 2.75) is 65.5 Å². The molecule has 1 amide bonds. The predicted molar refractivity (Wildman–Crippen MR) is 70.4 cm³/mol. The molecule has 4 heteroatoms. The molecule has 0 saturated heterocycles. The number of hydrogen-bond acceptors (Lipinski definition) is 3. The van der Waals surface area contributed by atoms with Gasteiger partial charge in [-0.3, -0.25) is 9.69 Å². The van der Waals surface area contributed by atoms with Gasteiger partial charge in [0.25, 0.3) is 0 Å². The molecule has 0 aliphatic heterocycles. The first kappa shape index (κ1) is 15.0. The fourth-order valence-electron chi connectivity index (χ4n) is 2.05. The van der Waals surface area contributed by atoms with E-state index in [1.807, 2.05) is 27.7 Å². The van der Waals surface area contributed by atoms with Crippen LogP contribution in [0, 0.1) is 5.92 Å². The zero-order valence-electron chi connectivity index (χ0n) is 12.4. The topological polar surface area (TPSA) is 46.6 Å². The first-order valence-corrected chi connectivity index (χ1v) is 6.64. The van der Waals surface area contributed by atoms with Crippen LogP contribution in [0.25, 0.3) is 0 Å². The number of ketones is 1. The zero-order valence-corrected chi connectivity index (χ0v) is 12.4. The number of rotatable bonds is 4. The van der Waals surface area contributed by atoms with E-state index in [1.54, 1.807) is 13.8 Å². The Labute approximate surface area is 110 Å². The molecule has 1 fully saturated rings. The quantitative estimate of drug-likeness (QED) is 0.775. The molecule has 1 rings (SSSR count). The number of carbonyl (C=O) groups is 2. The molecule has 18 heavy (non-hydrogen) atoms. The second-order valence-corrected chi connectivity index (χ2v) is 6.42. The highest BCUT2D eigenvalue weighted by atomic mass is 16.6. The van der Waals surface area contributed by atoms with Gasteiger partial charge in [-0.25, -0.2) is 4.79 Å². The van der Waals surface area contributed by atoms with Crippen molar-refractivity contribution in [3.63, 3.8) is 0 Å². The number of carbonyl (C=O) groups excluding carboxylic acids is 2. The van der Waals surface area contributed by atoms with Gasteiger partial charge in [-0.15, -0.1) is 0 Å². The number of Topliss-reactive ketones (excluding diaryl/α,β-unsaturated/α-hetero) is 1. The molecule has 0 aromatic carbocycles. The van der Waals surface area contributed by atoms with Gasteiger partial charge in [0.05, 0.1) is 5.54 Å². The van der Waals surface area contributed by atoms with Crippen molar-refractivity contribution in [1.82, 2.24) is 4.90 Å².